The van der Waals surface area contributed by atoms with Gasteiger partial charge in [0.2, 0.25) is 0 Å². The van der Waals surface area contributed by atoms with Gasteiger partial charge in [0.1, 0.15) is 12.3 Å². The largest absolute Gasteiger partial charge is 0.484 e. The van der Waals surface area contributed by atoms with Crippen molar-refractivity contribution in [3.63, 3.8) is 0 Å². The van der Waals surface area contributed by atoms with Crippen LogP contribution in [0, 0.1) is 5.82 Å². The fourth-order valence-corrected chi connectivity index (χ4v) is 2.21. The molecule has 0 saturated heterocycles. The van der Waals surface area contributed by atoms with E-state index in [0.29, 0.717) is 11.5 Å². The molecule has 0 spiro atoms. The topological polar surface area (TPSA) is 93.0 Å². The third kappa shape index (κ3) is 4.27. The number of amides is 1. The molecule has 3 rings (SSSR count). The first-order valence-corrected chi connectivity index (χ1v) is 8.18. The van der Waals surface area contributed by atoms with Crippen molar-refractivity contribution in [3.05, 3.63) is 65.1 Å². The Bertz CT molecular complexity index is 888. The summed E-state index contributed by atoms with van der Waals surface area (Å²) in [7, 11) is 0. The van der Waals surface area contributed by atoms with Crippen molar-refractivity contribution in [3.8, 4) is 5.75 Å². The lowest BCUT2D eigenvalue weighted by Gasteiger charge is -2.04. The fourth-order valence-electron chi connectivity index (χ4n) is 2.21. The maximum absolute atomic E-state index is 13.5. The normalized spacial score (nSPS) is 10.9. The molecule has 0 bridgehead atoms. The van der Waals surface area contributed by atoms with E-state index in [2.05, 4.69) is 20.7 Å². The minimum absolute atomic E-state index is 0.0705. The van der Waals surface area contributed by atoms with Crippen molar-refractivity contribution >= 4 is 5.91 Å². The summed E-state index contributed by atoms with van der Waals surface area (Å²) in [6, 6.07) is 9.47. The molecule has 3 aromatic rings. The maximum atomic E-state index is 13.5. The lowest BCUT2D eigenvalue weighted by molar-refractivity contribution is 0.0942. The number of nitrogens with one attached hydrogen (secondary N) is 2. The minimum atomic E-state index is -0.446. The standard InChI is InChI=1S/C18H19FN4O3/c1-11(2)15-8-13(26-23-15)9-20-18(24)16-7-12(21-22-16)10-25-17-6-4-3-5-14(17)19/h3-8,11H,9-10H2,1-2H3,(H,20,24)(H,21,22). The SMILES string of the molecule is CC(C)c1cc(CNC(=O)c2cc(COc3ccccc3F)[nH]n2)on1. The summed E-state index contributed by atoms with van der Waals surface area (Å²) < 4.78 is 24.0. The molecule has 0 saturated carbocycles. The van der Waals surface area contributed by atoms with E-state index in [0.717, 1.165) is 5.69 Å². The molecule has 26 heavy (non-hydrogen) atoms. The van der Waals surface area contributed by atoms with Crippen molar-refractivity contribution < 1.29 is 18.4 Å². The van der Waals surface area contributed by atoms with Crippen molar-refractivity contribution in [2.45, 2.75) is 32.9 Å². The molecule has 0 aliphatic rings. The van der Waals surface area contributed by atoms with Gasteiger partial charge >= 0.3 is 0 Å². The van der Waals surface area contributed by atoms with Crippen LogP contribution < -0.4 is 10.1 Å². The molecule has 8 heteroatoms. The fraction of sp³-hybridized carbons (Fsp3) is 0.278. The minimum Gasteiger partial charge on any atom is -0.484 e. The number of hydrogen-bond donors (Lipinski definition) is 2. The number of H-pyrrole nitrogens is 1. The lowest BCUT2D eigenvalue weighted by Crippen LogP contribution is -2.22. The second-order valence-electron chi connectivity index (χ2n) is 6.05. The summed E-state index contributed by atoms with van der Waals surface area (Å²) >= 11 is 0. The molecule has 0 fully saturated rings. The van der Waals surface area contributed by atoms with Gasteiger partial charge in [-0.05, 0) is 24.1 Å². The molecular weight excluding hydrogens is 339 g/mol. The van der Waals surface area contributed by atoms with E-state index in [1.165, 1.54) is 12.1 Å². The van der Waals surface area contributed by atoms with Gasteiger partial charge in [-0.15, -0.1) is 0 Å². The van der Waals surface area contributed by atoms with E-state index >= 15 is 0 Å². The third-order valence-electron chi connectivity index (χ3n) is 3.68. The predicted molar refractivity (Wildman–Crippen MR) is 91.1 cm³/mol. The van der Waals surface area contributed by atoms with Crippen LogP contribution in [0.2, 0.25) is 0 Å². The van der Waals surface area contributed by atoms with Crippen molar-refractivity contribution in [1.82, 2.24) is 20.7 Å². The number of para-hydroxylation sites is 1. The van der Waals surface area contributed by atoms with E-state index in [4.69, 9.17) is 9.26 Å². The van der Waals surface area contributed by atoms with Gasteiger partial charge in [0.25, 0.3) is 5.91 Å². The van der Waals surface area contributed by atoms with Crippen LogP contribution in [0.15, 0.2) is 40.9 Å². The van der Waals surface area contributed by atoms with E-state index in [9.17, 15) is 9.18 Å². The Hall–Kier alpha value is -3.16. The predicted octanol–water partition coefficient (Wildman–Crippen LogP) is 3.17. The average molecular weight is 358 g/mol. The Labute approximate surface area is 149 Å². The second-order valence-corrected chi connectivity index (χ2v) is 6.05. The zero-order chi connectivity index (χ0) is 18.5. The smallest absolute Gasteiger partial charge is 0.272 e. The molecule has 2 aromatic heterocycles. The van der Waals surface area contributed by atoms with Crippen LogP contribution in [-0.4, -0.2) is 21.3 Å². The molecule has 1 amide bonds. The number of rotatable bonds is 7. The molecule has 2 N–H and O–H groups in total. The summed E-state index contributed by atoms with van der Waals surface area (Å²) in [4.78, 5) is 12.1. The Kier molecular flexibility index (Phi) is 5.31. The monoisotopic (exact) mass is 358 g/mol. The lowest BCUT2D eigenvalue weighted by atomic mass is 10.1. The molecule has 7 nitrogen and oxygen atoms in total. The Balaban J connectivity index is 1.53. The number of benzene rings is 1. The maximum Gasteiger partial charge on any atom is 0.272 e. The van der Waals surface area contributed by atoms with Crippen molar-refractivity contribution in [1.29, 1.82) is 0 Å². The first-order chi connectivity index (χ1) is 12.5. The molecule has 0 radical (unpaired) electrons. The zero-order valence-corrected chi connectivity index (χ0v) is 14.5. The number of carbonyl (C=O) groups is 1. The van der Waals surface area contributed by atoms with Crippen molar-refractivity contribution in [2.24, 2.45) is 0 Å². The molecule has 0 aliphatic carbocycles. The molecule has 0 atom stereocenters. The zero-order valence-electron chi connectivity index (χ0n) is 14.5. The van der Waals surface area contributed by atoms with Crippen LogP contribution in [0.5, 0.6) is 5.75 Å². The highest BCUT2D eigenvalue weighted by Crippen LogP contribution is 2.17. The van der Waals surface area contributed by atoms with Gasteiger partial charge in [0.05, 0.1) is 17.9 Å². The van der Waals surface area contributed by atoms with Gasteiger partial charge < -0.3 is 14.6 Å². The van der Waals surface area contributed by atoms with E-state index < -0.39 is 5.82 Å². The van der Waals surface area contributed by atoms with Gasteiger partial charge in [-0.25, -0.2) is 4.39 Å². The molecular formula is C18H19FN4O3. The summed E-state index contributed by atoms with van der Waals surface area (Å²) in [5.41, 5.74) is 1.60. The number of halogens is 1. The molecule has 0 aliphatic heterocycles. The van der Waals surface area contributed by atoms with Crippen LogP contribution in [-0.2, 0) is 13.2 Å². The number of nitrogens with zero attached hydrogens (tertiary/aromatic N) is 2. The van der Waals surface area contributed by atoms with Crippen LogP contribution >= 0.6 is 0 Å². The van der Waals surface area contributed by atoms with Crippen LogP contribution in [0.3, 0.4) is 0 Å². The van der Waals surface area contributed by atoms with Gasteiger partial charge in [-0.1, -0.05) is 31.1 Å². The van der Waals surface area contributed by atoms with E-state index in [1.807, 2.05) is 19.9 Å². The van der Waals surface area contributed by atoms with Gasteiger partial charge in [0, 0.05) is 6.07 Å². The summed E-state index contributed by atoms with van der Waals surface area (Å²) in [5.74, 6) is 0.158. The number of hydrogen-bond acceptors (Lipinski definition) is 5. The molecule has 0 unspecified atom stereocenters. The first-order valence-electron chi connectivity index (χ1n) is 8.18. The third-order valence-corrected chi connectivity index (χ3v) is 3.68. The van der Waals surface area contributed by atoms with Crippen LogP contribution in [0.4, 0.5) is 4.39 Å². The first kappa shape index (κ1) is 17.7. The van der Waals surface area contributed by atoms with Crippen LogP contribution in [0.1, 0.15) is 47.4 Å². The Morgan fingerprint density at radius 2 is 2.15 bits per heavy atom. The second kappa shape index (κ2) is 7.81. The van der Waals surface area contributed by atoms with Crippen molar-refractivity contribution in [2.75, 3.05) is 0 Å². The Morgan fingerprint density at radius 3 is 2.88 bits per heavy atom. The number of carbonyl (C=O) groups excluding carboxylic acids is 1. The highest BCUT2D eigenvalue weighted by Gasteiger charge is 2.13. The van der Waals surface area contributed by atoms with Gasteiger partial charge in [-0.2, -0.15) is 5.10 Å². The summed E-state index contributed by atoms with van der Waals surface area (Å²) in [6.07, 6.45) is 0. The average Bonchev–Trinajstić information content (AvgIpc) is 3.28. The molecule has 1 aromatic carbocycles. The molecule has 136 valence electrons. The van der Waals surface area contributed by atoms with E-state index in [-0.39, 0.29) is 36.4 Å². The van der Waals surface area contributed by atoms with Gasteiger partial charge in [-0.3, -0.25) is 9.89 Å². The summed E-state index contributed by atoms with van der Waals surface area (Å²) in [5, 5.41) is 13.3. The number of ether oxygens (including phenoxy) is 1. The van der Waals surface area contributed by atoms with Gasteiger partial charge in [0.15, 0.2) is 17.3 Å². The van der Waals surface area contributed by atoms with E-state index in [1.54, 1.807) is 18.2 Å². The number of aromatic amines is 1. The highest BCUT2D eigenvalue weighted by molar-refractivity contribution is 5.92. The quantitative estimate of drug-likeness (QED) is 0.677. The number of aromatic nitrogens is 3. The molecule has 2 heterocycles. The summed E-state index contributed by atoms with van der Waals surface area (Å²) in [6.45, 7) is 4.30. The Morgan fingerprint density at radius 1 is 1.35 bits per heavy atom. The van der Waals surface area contributed by atoms with Crippen LogP contribution in [0.25, 0.3) is 0 Å². The highest BCUT2D eigenvalue weighted by atomic mass is 19.1.